The SMILES string of the molecule is C/C(=C\CO)C(=O)NCO. The molecule has 4 nitrogen and oxygen atoms in total. The van der Waals surface area contributed by atoms with Gasteiger partial charge >= 0.3 is 0 Å². The molecule has 0 aromatic rings. The van der Waals surface area contributed by atoms with E-state index in [2.05, 4.69) is 5.32 Å². The van der Waals surface area contributed by atoms with Gasteiger partial charge in [0.2, 0.25) is 5.91 Å². The maximum atomic E-state index is 10.7. The molecule has 0 aromatic heterocycles. The lowest BCUT2D eigenvalue weighted by Gasteiger charge is -1.99. The van der Waals surface area contributed by atoms with Gasteiger partial charge in [0.15, 0.2) is 0 Å². The van der Waals surface area contributed by atoms with Gasteiger partial charge in [0.25, 0.3) is 0 Å². The largest absolute Gasteiger partial charge is 0.392 e. The topological polar surface area (TPSA) is 69.6 Å². The number of aliphatic hydroxyl groups excluding tert-OH is 2. The predicted molar refractivity (Wildman–Crippen MR) is 36.1 cm³/mol. The molecule has 58 valence electrons. The molecule has 10 heavy (non-hydrogen) atoms. The Morgan fingerprint density at radius 2 is 2.20 bits per heavy atom. The quantitative estimate of drug-likeness (QED) is 0.352. The van der Waals surface area contributed by atoms with Crippen LogP contribution in [-0.2, 0) is 4.79 Å². The lowest BCUT2D eigenvalue weighted by Crippen LogP contribution is -2.24. The summed E-state index contributed by atoms with van der Waals surface area (Å²) < 4.78 is 0. The third-order valence-corrected chi connectivity index (χ3v) is 0.995. The molecule has 0 heterocycles. The highest BCUT2D eigenvalue weighted by atomic mass is 16.3. The first kappa shape index (κ1) is 9.13. The monoisotopic (exact) mass is 145 g/mol. The van der Waals surface area contributed by atoms with Crippen molar-refractivity contribution in [2.24, 2.45) is 0 Å². The molecule has 0 saturated heterocycles. The van der Waals surface area contributed by atoms with E-state index in [4.69, 9.17) is 10.2 Å². The van der Waals surface area contributed by atoms with E-state index in [1.165, 1.54) is 6.08 Å². The number of nitrogens with one attached hydrogen (secondary N) is 1. The summed E-state index contributed by atoms with van der Waals surface area (Å²) in [6, 6.07) is 0. The van der Waals surface area contributed by atoms with Crippen LogP contribution >= 0.6 is 0 Å². The van der Waals surface area contributed by atoms with Crippen LogP contribution in [-0.4, -0.2) is 29.5 Å². The van der Waals surface area contributed by atoms with E-state index in [9.17, 15) is 4.79 Å². The molecule has 1 amide bonds. The molecule has 0 aliphatic heterocycles. The van der Waals surface area contributed by atoms with Crippen molar-refractivity contribution in [3.8, 4) is 0 Å². The highest BCUT2D eigenvalue weighted by molar-refractivity contribution is 5.92. The summed E-state index contributed by atoms with van der Waals surface area (Å²) in [6.07, 6.45) is 1.37. The number of hydrogen-bond acceptors (Lipinski definition) is 3. The van der Waals surface area contributed by atoms with Crippen LogP contribution in [0.3, 0.4) is 0 Å². The first-order valence-corrected chi connectivity index (χ1v) is 2.89. The third kappa shape index (κ3) is 3.21. The minimum atomic E-state index is -0.380. The first-order valence-electron chi connectivity index (χ1n) is 2.89. The van der Waals surface area contributed by atoms with E-state index in [0.29, 0.717) is 5.57 Å². The van der Waals surface area contributed by atoms with Crippen LogP contribution in [0.25, 0.3) is 0 Å². The molecule has 0 fully saturated rings. The zero-order chi connectivity index (χ0) is 7.98. The summed E-state index contributed by atoms with van der Waals surface area (Å²) in [4.78, 5) is 10.7. The van der Waals surface area contributed by atoms with Crippen LogP contribution in [0.5, 0.6) is 0 Å². The Morgan fingerprint density at radius 1 is 1.60 bits per heavy atom. The molecule has 0 radical (unpaired) electrons. The third-order valence-electron chi connectivity index (χ3n) is 0.995. The molecular weight excluding hydrogens is 134 g/mol. The average molecular weight is 145 g/mol. The fraction of sp³-hybridized carbons (Fsp3) is 0.500. The molecule has 0 bridgehead atoms. The Hall–Kier alpha value is -0.870. The fourth-order valence-corrected chi connectivity index (χ4v) is 0.441. The minimum Gasteiger partial charge on any atom is -0.392 e. The maximum absolute atomic E-state index is 10.7. The number of hydrogen-bond donors (Lipinski definition) is 3. The van der Waals surface area contributed by atoms with Crippen LogP contribution in [0.2, 0.25) is 0 Å². The first-order chi connectivity index (χ1) is 4.72. The summed E-state index contributed by atoms with van der Waals surface area (Å²) in [5.41, 5.74) is 0.400. The van der Waals surface area contributed by atoms with Crippen LogP contribution in [0.4, 0.5) is 0 Å². The molecule has 0 spiro atoms. The van der Waals surface area contributed by atoms with Crippen molar-refractivity contribution in [2.75, 3.05) is 13.3 Å². The summed E-state index contributed by atoms with van der Waals surface area (Å²) in [5, 5.41) is 18.7. The van der Waals surface area contributed by atoms with E-state index in [1.807, 2.05) is 0 Å². The highest BCUT2D eigenvalue weighted by Crippen LogP contribution is 1.89. The number of carbonyl (C=O) groups excluding carboxylic acids is 1. The molecule has 3 N–H and O–H groups in total. The normalized spacial score (nSPS) is 11.3. The molecule has 0 atom stereocenters. The smallest absolute Gasteiger partial charge is 0.248 e. The van der Waals surface area contributed by atoms with E-state index in [0.717, 1.165) is 0 Å². The molecule has 4 heteroatoms. The minimum absolute atomic E-state index is 0.162. The van der Waals surface area contributed by atoms with Gasteiger partial charge in [-0.15, -0.1) is 0 Å². The number of rotatable bonds is 3. The molecule has 0 rings (SSSR count). The lowest BCUT2D eigenvalue weighted by molar-refractivity contribution is -0.118. The molecule has 0 unspecified atom stereocenters. The van der Waals surface area contributed by atoms with Crippen molar-refractivity contribution < 1.29 is 15.0 Å². The zero-order valence-corrected chi connectivity index (χ0v) is 5.79. The Morgan fingerprint density at radius 3 is 2.60 bits per heavy atom. The van der Waals surface area contributed by atoms with Crippen LogP contribution in [0.15, 0.2) is 11.6 Å². The van der Waals surface area contributed by atoms with E-state index in [-0.39, 0.29) is 19.2 Å². The summed E-state index contributed by atoms with van der Waals surface area (Å²) in [5.74, 6) is -0.364. The number of amides is 1. The fourth-order valence-electron chi connectivity index (χ4n) is 0.441. The zero-order valence-electron chi connectivity index (χ0n) is 5.79. The van der Waals surface area contributed by atoms with Crippen molar-refractivity contribution in [3.63, 3.8) is 0 Å². The van der Waals surface area contributed by atoms with Crippen molar-refractivity contribution in [2.45, 2.75) is 6.92 Å². The predicted octanol–water partition coefficient (Wildman–Crippen LogP) is -1.01. The van der Waals surface area contributed by atoms with Gasteiger partial charge < -0.3 is 15.5 Å². The second-order valence-electron chi connectivity index (χ2n) is 1.73. The second-order valence-corrected chi connectivity index (χ2v) is 1.73. The Kier molecular flexibility index (Phi) is 4.53. The Balaban J connectivity index is 3.82. The molecule has 0 aliphatic carbocycles. The summed E-state index contributed by atoms with van der Waals surface area (Å²) in [7, 11) is 0. The highest BCUT2D eigenvalue weighted by Gasteiger charge is 1.99. The molecule has 0 saturated carbocycles. The van der Waals surface area contributed by atoms with Gasteiger partial charge in [-0.1, -0.05) is 6.08 Å². The summed E-state index contributed by atoms with van der Waals surface area (Å²) >= 11 is 0. The van der Waals surface area contributed by atoms with E-state index < -0.39 is 0 Å². The molecule has 0 aromatic carbocycles. The summed E-state index contributed by atoms with van der Waals surface area (Å²) in [6.45, 7) is 1.02. The van der Waals surface area contributed by atoms with E-state index in [1.54, 1.807) is 6.92 Å². The van der Waals surface area contributed by atoms with Gasteiger partial charge in [0.1, 0.15) is 6.73 Å². The lowest BCUT2D eigenvalue weighted by atomic mass is 10.3. The van der Waals surface area contributed by atoms with Gasteiger partial charge in [-0.3, -0.25) is 4.79 Å². The van der Waals surface area contributed by atoms with E-state index >= 15 is 0 Å². The van der Waals surface area contributed by atoms with Crippen LogP contribution in [0, 0.1) is 0 Å². The van der Waals surface area contributed by atoms with Crippen molar-refractivity contribution >= 4 is 5.91 Å². The molecular formula is C6H11NO3. The van der Waals surface area contributed by atoms with Crippen molar-refractivity contribution in [3.05, 3.63) is 11.6 Å². The average Bonchev–Trinajstić information content (AvgIpc) is 1.89. The van der Waals surface area contributed by atoms with Crippen molar-refractivity contribution in [1.82, 2.24) is 5.32 Å². The van der Waals surface area contributed by atoms with Gasteiger partial charge in [-0.25, -0.2) is 0 Å². The van der Waals surface area contributed by atoms with Gasteiger partial charge in [0, 0.05) is 5.57 Å². The Bertz CT molecular complexity index is 142. The van der Waals surface area contributed by atoms with Crippen LogP contribution in [0.1, 0.15) is 6.92 Å². The standard InChI is InChI=1S/C6H11NO3/c1-5(2-3-8)6(10)7-4-9/h2,8-9H,3-4H2,1H3,(H,7,10)/b5-2+. The number of aliphatic hydroxyl groups is 2. The van der Waals surface area contributed by atoms with Gasteiger partial charge in [0.05, 0.1) is 6.61 Å². The number of carbonyl (C=O) groups is 1. The molecule has 0 aliphatic rings. The second kappa shape index (κ2) is 4.96. The van der Waals surface area contributed by atoms with Crippen LogP contribution < -0.4 is 5.32 Å². The van der Waals surface area contributed by atoms with Crippen molar-refractivity contribution in [1.29, 1.82) is 0 Å². The maximum Gasteiger partial charge on any atom is 0.248 e. The Labute approximate surface area is 59.2 Å². The van der Waals surface area contributed by atoms with Gasteiger partial charge in [-0.05, 0) is 6.92 Å². The van der Waals surface area contributed by atoms with Gasteiger partial charge in [-0.2, -0.15) is 0 Å².